The first kappa shape index (κ1) is 12.2. The maximum atomic E-state index is 8.76. The molecule has 0 saturated heterocycles. The number of hydrogen-bond acceptors (Lipinski definition) is 4. The monoisotopic (exact) mass is 219 g/mol. The molecule has 0 spiro atoms. The van der Waals surface area contributed by atoms with Crippen LogP contribution in [0, 0.1) is 17.2 Å². The second-order valence-corrected chi connectivity index (χ2v) is 3.88. The van der Waals surface area contributed by atoms with E-state index >= 15 is 0 Å². The predicted molar refractivity (Wildman–Crippen MR) is 65.5 cm³/mol. The Morgan fingerprint density at radius 2 is 2.19 bits per heavy atom. The van der Waals surface area contributed by atoms with Crippen molar-refractivity contribution in [3.8, 4) is 11.8 Å². The molecule has 0 aliphatic heterocycles. The van der Waals surface area contributed by atoms with Crippen LogP contribution in [0.3, 0.4) is 0 Å². The molecule has 0 bridgehead atoms. The van der Waals surface area contributed by atoms with Crippen molar-refractivity contribution in [1.29, 1.82) is 5.26 Å². The van der Waals surface area contributed by atoms with Gasteiger partial charge in [0.25, 0.3) is 0 Å². The molecule has 0 heterocycles. The van der Waals surface area contributed by atoms with Crippen LogP contribution >= 0.6 is 0 Å². The van der Waals surface area contributed by atoms with E-state index < -0.39 is 0 Å². The molecule has 1 atom stereocenters. The maximum absolute atomic E-state index is 8.76. The van der Waals surface area contributed by atoms with Crippen LogP contribution in [0.5, 0.6) is 5.75 Å². The fourth-order valence-electron chi connectivity index (χ4n) is 1.50. The van der Waals surface area contributed by atoms with Gasteiger partial charge < -0.3 is 15.4 Å². The van der Waals surface area contributed by atoms with Crippen molar-refractivity contribution in [3.05, 3.63) is 18.2 Å². The summed E-state index contributed by atoms with van der Waals surface area (Å²) in [5.74, 6) is 0.712. The lowest BCUT2D eigenvalue weighted by Gasteiger charge is -2.21. The summed E-state index contributed by atoms with van der Waals surface area (Å²) in [6, 6.07) is 7.74. The molecule has 0 aromatic heterocycles. The molecule has 0 saturated carbocycles. The van der Waals surface area contributed by atoms with Gasteiger partial charge >= 0.3 is 0 Å². The van der Waals surface area contributed by atoms with Crippen LogP contribution in [0.1, 0.15) is 6.92 Å². The molecular formula is C12H17N3O. The minimum atomic E-state index is -0.0163. The van der Waals surface area contributed by atoms with E-state index in [0.717, 1.165) is 11.4 Å². The van der Waals surface area contributed by atoms with Crippen LogP contribution in [-0.2, 0) is 0 Å². The van der Waals surface area contributed by atoms with E-state index in [2.05, 4.69) is 6.07 Å². The quantitative estimate of drug-likeness (QED) is 0.785. The van der Waals surface area contributed by atoms with Crippen LogP contribution < -0.4 is 15.4 Å². The highest BCUT2D eigenvalue weighted by Gasteiger charge is 2.08. The lowest BCUT2D eigenvalue weighted by atomic mass is 10.2. The number of rotatable bonds is 4. The third kappa shape index (κ3) is 3.06. The number of methoxy groups -OCH3 is 1. The second-order valence-electron chi connectivity index (χ2n) is 3.88. The Labute approximate surface area is 96.2 Å². The first-order valence-electron chi connectivity index (χ1n) is 5.12. The molecule has 2 N–H and O–H groups in total. The zero-order chi connectivity index (χ0) is 12.1. The van der Waals surface area contributed by atoms with E-state index in [1.807, 2.05) is 31.0 Å². The SMILES string of the molecule is COc1cc(N)cc(N(C)CC(C)C#N)c1. The Balaban J connectivity index is 2.87. The van der Waals surface area contributed by atoms with Gasteiger partial charge in [0.05, 0.1) is 19.1 Å². The van der Waals surface area contributed by atoms with Gasteiger partial charge in [0.2, 0.25) is 0 Å². The number of anilines is 2. The van der Waals surface area contributed by atoms with Crippen molar-refractivity contribution < 1.29 is 4.74 Å². The first-order chi connectivity index (χ1) is 7.56. The zero-order valence-electron chi connectivity index (χ0n) is 9.90. The van der Waals surface area contributed by atoms with E-state index in [1.165, 1.54) is 0 Å². The Morgan fingerprint density at radius 3 is 2.75 bits per heavy atom. The largest absolute Gasteiger partial charge is 0.497 e. The summed E-state index contributed by atoms with van der Waals surface area (Å²) in [6.07, 6.45) is 0. The zero-order valence-corrected chi connectivity index (χ0v) is 9.90. The standard InChI is InChI=1S/C12H17N3O/c1-9(7-13)8-15(2)11-4-10(14)5-12(6-11)16-3/h4-6,9H,8,14H2,1-3H3. The molecule has 0 aliphatic carbocycles. The van der Waals surface area contributed by atoms with Crippen molar-refractivity contribution in [1.82, 2.24) is 0 Å². The summed E-state index contributed by atoms with van der Waals surface area (Å²) in [5.41, 5.74) is 7.38. The molecule has 86 valence electrons. The van der Waals surface area contributed by atoms with Crippen molar-refractivity contribution in [2.45, 2.75) is 6.92 Å². The average molecular weight is 219 g/mol. The summed E-state index contributed by atoms with van der Waals surface area (Å²) < 4.78 is 5.15. The van der Waals surface area contributed by atoms with E-state index in [4.69, 9.17) is 15.7 Å². The molecule has 1 aromatic carbocycles. The van der Waals surface area contributed by atoms with Gasteiger partial charge in [-0.2, -0.15) is 5.26 Å². The molecule has 0 amide bonds. The van der Waals surface area contributed by atoms with E-state index in [0.29, 0.717) is 12.2 Å². The fraction of sp³-hybridized carbons (Fsp3) is 0.417. The van der Waals surface area contributed by atoms with E-state index in [-0.39, 0.29) is 5.92 Å². The smallest absolute Gasteiger partial charge is 0.122 e. The first-order valence-corrected chi connectivity index (χ1v) is 5.12. The highest BCUT2D eigenvalue weighted by atomic mass is 16.5. The normalized spacial score (nSPS) is 11.6. The highest BCUT2D eigenvalue weighted by Crippen LogP contribution is 2.24. The van der Waals surface area contributed by atoms with Crippen LogP contribution in [0.4, 0.5) is 11.4 Å². The Morgan fingerprint density at radius 1 is 1.50 bits per heavy atom. The number of nitriles is 1. The molecule has 1 unspecified atom stereocenters. The summed E-state index contributed by atoms with van der Waals surface area (Å²) in [5, 5.41) is 8.76. The minimum absolute atomic E-state index is 0.0163. The second kappa shape index (κ2) is 5.26. The Kier molecular flexibility index (Phi) is 4.01. The number of benzene rings is 1. The van der Waals surface area contributed by atoms with Gasteiger partial charge in [-0.25, -0.2) is 0 Å². The molecule has 16 heavy (non-hydrogen) atoms. The van der Waals surface area contributed by atoms with Crippen molar-refractivity contribution in [3.63, 3.8) is 0 Å². The molecule has 0 fully saturated rings. The van der Waals surface area contributed by atoms with Gasteiger partial charge in [-0.3, -0.25) is 0 Å². The molecule has 1 rings (SSSR count). The van der Waals surface area contributed by atoms with Crippen LogP contribution in [0.15, 0.2) is 18.2 Å². The van der Waals surface area contributed by atoms with Gasteiger partial charge in [0, 0.05) is 37.1 Å². The summed E-state index contributed by atoms with van der Waals surface area (Å²) in [6.45, 7) is 2.56. The number of hydrogen-bond donors (Lipinski definition) is 1. The predicted octanol–water partition coefficient (Wildman–Crippen LogP) is 1.87. The van der Waals surface area contributed by atoms with E-state index in [1.54, 1.807) is 13.2 Å². The molecular weight excluding hydrogens is 202 g/mol. The van der Waals surface area contributed by atoms with Crippen LogP contribution in [0.25, 0.3) is 0 Å². The number of nitrogens with zero attached hydrogens (tertiary/aromatic N) is 2. The summed E-state index contributed by atoms with van der Waals surface area (Å²) >= 11 is 0. The van der Waals surface area contributed by atoms with Crippen LogP contribution in [-0.4, -0.2) is 20.7 Å². The average Bonchev–Trinajstić information content (AvgIpc) is 2.27. The molecule has 4 heteroatoms. The lowest BCUT2D eigenvalue weighted by molar-refractivity contribution is 0.415. The minimum Gasteiger partial charge on any atom is -0.497 e. The van der Waals surface area contributed by atoms with Gasteiger partial charge in [-0.05, 0) is 13.0 Å². The highest BCUT2D eigenvalue weighted by molar-refractivity contribution is 5.60. The Bertz CT molecular complexity index is 398. The van der Waals surface area contributed by atoms with Crippen LogP contribution in [0.2, 0.25) is 0 Å². The number of nitrogen functional groups attached to an aromatic ring is 1. The third-order valence-corrected chi connectivity index (χ3v) is 2.36. The van der Waals surface area contributed by atoms with Gasteiger partial charge in [0.15, 0.2) is 0 Å². The number of nitrogens with two attached hydrogens (primary N) is 1. The van der Waals surface area contributed by atoms with Crippen molar-refractivity contribution in [2.75, 3.05) is 31.3 Å². The number of ether oxygens (including phenoxy) is 1. The summed E-state index contributed by atoms with van der Waals surface area (Å²) in [4.78, 5) is 1.99. The molecule has 1 aromatic rings. The lowest BCUT2D eigenvalue weighted by Crippen LogP contribution is -2.23. The van der Waals surface area contributed by atoms with Crippen molar-refractivity contribution in [2.24, 2.45) is 5.92 Å². The summed E-state index contributed by atoms with van der Waals surface area (Å²) in [7, 11) is 3.54. The van der Waals surface area contributed by atoms with E-state index in [9.17, 15) is 0 Å². The Hall–Kier alpha value is -1.89. The fourth-order valence-corrected chi connectivity index (χ4v) is 1.50. The van der Waals surface area contributed by atoms with Crippen molar-refractivity contribution >= 4 is 11.4 Å². The molecule has 0 aliphatic rings. The molecule has 4 nitrogen and oxygen atoms in total. The van der Waals surface area contributed by atoms with Gasteiger partial charge in [-0.1, -0.05) is 0 Å². The van der Waals surface area contributed by atoms with Gasteiger partial charge in [-0.15, -0.1) is 0 Å². The molecule has 0 radical (unpaired) electrons. The maximum Gasteiger partial charge on any atom is 0.122 e. The third-order valence-electron chi connectivity index (χ3n) is 2.36. The topological polar surface area (TPSA) is 62.3 Å². The van der Waals surface area contributed by atoms with Gasteiger partial charge in [0.1, 0.15) is 5.75 Å².